The summed E-state index contributed by atoms with van der Waals surface area (Å²) in [7, 11) is 0. The molecule has 0 spiro atoms. The lowest BCUT2D eigenvalue weighted by Gasteiger charge is -2.20. The number of rotatable bonds is 1. The molecule has 0 amide bonds. The average Bonchev–Trinajstić information content (AvgIpc) is 1.88. The summed E-state index contributed by atoms with van der Waals surface area (Å²) in [5, 5.41) is 0. The fourth-order valence-electron chi connectivity index (χ4n) is 1.06. The number of Topliss-reactive ketones (excluding diaryl/α,β-unsaturated/α-hetero) is 1. The van der Waals surface area contributed by atoms with E-state index in [1.54, 1.807) is 6.92 Å². The normalized spacial score (nSPS) is 25.0. The Balaban J connectivity index is 2.53. The molecular formula is C8H12O2. The fraction of sp³-hybridized carbons (Fsp3) is 0.625. The number of ether oxygens (including phenoxy) is 1. The Labute approximate surface area is 60.9 Å². The van der Waals surface area contributed by atoms with Crippen LogP contribution in [-0.2, 0) is 9.53 Å². The molecule has 1 atom stereocenters. The molecule has 2 nitrogen and oxygen atoms in total. The van der Waals surface area contributed by atoms with Gasteiger partial charge in [-0.3, -0.25) is 4.79 Å². The van der Waals surface area contributed by atoms with Crippen molar-refractivity contribution in [2.24, 2.45) is 0 Å². The summed E-state index contributed by atoms with van der Waals surface area (Å²) in [5.41, 5.74) is 0. The lowest BCUT2D eigenvalue weighted by atomic mass is 10.1. The predicted octanol–water partition coefficient (Wildman–Crippen LogP) is 1.66. The topological polar surface area (TPSA) is 26.3 Å². The van der Waals surface area contributed by atoms with E-state index in [9.17, 15) is 4.79 Å². The maximum absolute atomic E-state index is 10.8. The largest absolute Gasteiger partial charge is 0.488 e. The van der Waals surface area contributed by atoms with Crippen molar-refractivity contribution in [1.29, 1.82) is 0 Å². The molecule has 0 aliphatic carbocycles. The van der Waals surface area contributed by atoms with E-state index in [-0.39, 0.29) is 11.9 Å². The molecule has 10 heavy (non-hydrogen) atoms. The van der Waals surface area contributed by atoms with Crippen LogP contribution in [0.1, 0.15) is 26.7 Å². The number of hydrogen-bond acceptors (Lipinski definition) is 2. The van der Waals surface area contributed by atoms with Crippen LogP contribution in [0.3, 0.4) is 0 Å². The minimum atomic E-state index is -0.176. The van der Waals surface area contributed by atoms with Gasteiger partial charge in [-0.05, 0) is 32.8 Å². The molecule has 0 fully saturated rings. The second-order valence-electron chi connectivity index (χ2n) is 2.61. The summed E-state index contributed by atoms with van der Waals surface area (Å²) < 4.78 is 5.26. The van der Waals surface area contributed by atoms with Crippen LogP contribution < -0.4 is 0 Å². The third-order valence-corrected chi connectivity index (χ3v) is 1.64. The quantitative estimate of drug-likeness (QED) is 0.553. The molecule has 0 saturated heterocycles. The van der Waals surface area contributed by atoms with Gasteiger partial charge in [0.1, 0.15) is 0 Å². The Bertz CT molecular complexity index is 170. The van der Waals surface area contributed by atoms with E-state index >= 15 is 0 Å². The van der Waals surface area contributed by atoms with Crippen LogP contribution in [0.4, 0.5) is 0 Å². The van der Waals surface area contributed by atoms with Crippen molar-refractivity contribution in [3.05, 3.63) is 11.8 Å². The zero-order valence-corrected chi connectivity index (χ0v) is 6.39. The number of allylic oxidation sites excluding steroid dienone is 2. The molecular weight excluding hydrogens is 128 g/mol. The highest BCUT2D eigenvalue weighted by atomic mass is 16.5. The number of ketones is 1. The summed E-state index contributed by atoms with van der Waals surface area (Å²) in [5.74, 6) is 1.01. The average molecular weight is 140 g/mol. The fourth-order valence-corrected chi connectivity index (χ4v) is 1.06. The first-order chi connectivity index (χ1) is 4.70. The molecule has 0 saturated carbocycles. The Morgan fingerprint density at radius 3 is 2.90 bits per heavy atom. The molecule has 0 bridgehead atoms. The Hall–Kier alpha value is -0.790. The van der Waals surface area contributed by atoms with E-state index in [1.807, 2.05) is 13.0 Å². The van der Waals surface area contributed by atoms with Gasteiger partial charge in [0.2, 0.25) is 0 Å². The van der Waals surface area contributed by atoms with Gasteiger partial charge >= 0.3 is 0 Å². The second kappa shape index (κ2) is 2.86. The maximum atomic E-state index is 10.8. The standard InChI is InChI=1S/C8H12O2/c1-6-4-3-5-8(10-6)7(2)9/h4,8H,3,5H2,1-2H3/t8-/m0/s1. The van der Waals surface area contributed by atoms with Gasteiger partial charge in [0.05, 0.1) is 5.76 Å². The molecule has 56 valence electrons. The zero-order chi connectivity index (χ0) is 7.56. The third kappa shape index (κ3) is 1.59. The predicted molar refractivity (Wildman–Crippen MR) is 38.5 cm³/mol. The van der Waals surface area contributed by atoms with Crippen LogP contribution in [0.15, 0.2) is 11.8 Å². The molecule has 0 aromatic heterocycles. The Morgan fingerprint density at radius 1 is 1.80 bits per heavy atom. The van der Waals surface area contributed by atoms with Crippen molar-refractivity contribution < 1.29 is 9.53 Å². The molecule has 0 aromatic carbocycles. The molecule has 0 unspecified atom stereocenters. The van der Waals surface area contributed by atoms with Gasteiger partial charge in [0, 0.05) is 0 Å². The van der Waals surface area contributed by atoms with Crippen LogP contribution in [0.25, 0.3) is 0 Å². The second-order valence-corrected chi connectivity index (χ2v) is 2.61. The summed E-state index contributed by atoms with van der Waals surface area (Å²) in [6.45, 7) is 3.46. The Kier molecular flexibility index (Phi) is 2.10. The van der Waals surface area contributed by atoms with Gasteiger partial charge in [0.25, 0.3) is 0 Å². The van der Waals surface area contributed by atoms with Crippen molar-refractivity contribution in [2.75, 3.05) is 0 Å². The van der Waals surface area contributed by atoms with Gasteiger partial charge in [-0.15, -0.1) is 0 Å². The van der Waals surface area contributed by atoms with Crippen molar-refractivity contribution in [3.8, 4) is 0 Å². The van der Waals surface area contributed by atoms with Crippen LogP contribution in [0.2, 0.25) is 0 Å². The number of carbonyl (C=O) groups excluding carboxylic acids is 1. The summed E-state index contributed by atoms with van der Waals surface area (Å²) in [6, 6.07) is 0. The van der Waals surface area contributed by atoms with Crippen molar-refractivity contribution in [3.63, 3.8) is 0 Å². The van der Waals surface area contributed by atoms with Gasteiger partial charge in [-0.1, -0.05) is 0 Å². The van der Waals surface area contributed by atoms with Crippen molar-refractivity contribution in [1.82, 2.24) is 0 Å². The van der Waals surface area contributed by atoms with Gasteiger partial charge in [-0.25, -0.2) is 0 Å². The minimum absolute atomic E-state index is 0.132. The first kappa shape index (κ1) is 7.32. The van der Waals surface area contributed by atoms with E-state index in [0.717, 1.165) is 18.6 Å². The summed E-state index contributed by atoms with van der Waals surface area (Å²) in [4.78, 5) is 10.8. The molecule has 2 heteroatoms. The highest BCUT2D eigenvalue weighted by Crippen LogP contribution is 2.16. The van der Waals surface area contributed by atoms with E-state index < -0.39 is 0 Å². The van der Waals surface area contributed by atoms with Crippen molar-refractivity contribution >= 4 is 5.78 Å². The maximum Gasteiger partial charge on any atom is 0.170 e. The lowest BCUT2D eigenvalue weighted by molar-refractivity contribution is -0.126. The summed E-state index contributed by atoms with van der Waals surface area (Å²) >= 11 is 0. The van der Waals surface area contributed by atoms with Crippen LogP contribution in [-0.4, -0.2) is 11.9 Å². The van der Waals surface area contributed by atoms with Crippen LogP contribution >= 0.6 is 0 Å². The summed E-state index contributed by atoms with van der Waals surface area (Å²) in [6.07, 6.45) is 3.65. The van der Waals surface area contributed by atoms with E-state index in [4.69, 9.17) is 4.74 Å². The van der Waals surface area contributed by atoms with Crippen LogP contribution in [0.5, 0.6) is 0 Å². The van der Waals surface area contributed by atoms with Gasteiger partial charge in [-0.2, -0.15) is 0 Å². The monoisotopic (exact) mass is 140 g/mol. The minimum Gasteiger partial charge on any atom is -0.488 e. The highest BCUT2D eigenvalue weighted by molar-refractivity contribution is 5.80. The highest BCUT2D eigenvalue weighted by Gasteiger charge is 2.17. The Morgan fingerprint density at radius 2 is 2.50 bits per heavy atom. The van der Waals surface area contributed by atoms with Crippen LogP contribution in [0, 0.1) is 0 Å². The number of hydrogen-bond donors (Lipinski definition) is 0. The first-order valence-corrected chi connectivity index (χ1v) is 3.54. The molecule has 1 rings (SSSR count). The first-order valence-electron chi connectivity index (χ1n) is 3.54. The lowest BCUT2D eigenvalue weighted by Crippen LogP contribution is -2.23. The molecule has 1 aliphatic heterocycles. The van der Waals surface area contributed by atoms with E-state index in [2.05, 4.69) is 0 Å². The molecule has 0 N–H and O–H groups in total. The van der Waals surface area contributed by atoms with Crippen molar-refractivity contribution in [2.45, 2.75) is 32.8 Å². The van der Waals surface area contributed by atoms with Gasteiger partial charge in [0.15, 0.2) is 11.9 Å². The molecule has 0 aromatic rings. The SMILES string of the molecule is CC(=O)[C@@H]1CCC=C(C)O1. The smallest absolute Gasteiger partial charge is 0.170 e. The van der Waals surface area contributed by atoms with E-state index in [1.165, 1.54) is 0 Å². The molecule has 0 radical (unpaired) electrons. The van der Waals surface area contributed by atoms with E-state index in [0.29, 0.717) is 0 Å². The number of carbonyl (C=O) groups is 1. The molecule has 1 heterocycles. The third-order valence-electron chi connectivity index (χ3n) is 1.64. The zero-order valence-electron chi connectivity index (χ0n) is 6.39. The van der Waals surface area contributed by atoms with Gasteiger partial charge < -0.3 is 4.74 Å². The molecule has 1 aliphatic rings.